The van der Waals surface area contributed by atoms with Crippen molar-refractivity contribution in [3.63, 3.8) is 0 Å². The van der Waals surface area contributed by atoms with Gasteiger partial charge in [-0.25, -0.2) is 8.42 Å². The number of ether oxygens (including phenoxy) is 1. The van der Waals surface area contributed by atoms with Gasteiger partial charge in [-0.15, -0.1) is 0 Å². The number of rotatable bonds is 13. The number of hydrogen-bond donors (Lipinski definition) is 1. The van der Waals surface area contributed by atoms with Gasteiger partial charge >= 0.3 is 0 Å². The summed E-state index contributed by atoms with van der Waals surface area (Å²) >= 11 is 6.06. The van der Waals surface area contributed by atoms with E-state index in [0.29, 0.717) is 23.1 Å². The van der Waals surface area contributed by atoms with Crippen LogP contribution < -0.4 is 14.4 Å². The Balaban J connectivity index is 2.02. The lowest BCUT2D eigenvalue weighted by atomic mass is 10.1. The Morgan fingerprint density at radius 3 is 2.10 bits per heavy atom. The van der Waals surface area contributed by atoms with Gasteiger partial charge in [0.05, 0.1) is 17.2 Å². The molecule has 10 heteroatoms. The van der Waals surface area contributed by atoms with Crippen molar-refractivity contribution in [2.45, 2.75) is 64.6 Å². The Labute approximate surface area is 248 Å². The summed E-state index contributed by atoms with van der Waals surface area (Å²) < 4.78 is 34.4. The first-order chi connectivity index (χ1) is 19.5. The third kappa shape index (κ3) is 8.47. The summed E-state index contributed by atoms with van der Waals surface area (Å²) in [5, 5.41) is 3.47. The number of benzene rings is 3. The van der Waals surface area contributed by atoms with Crippen molar-refractivity contribution < 1.29 is 22.7 Å². The maximum atomic E-state index is 14.0. The molecule has 0 aliphatic heterocycles. The summed E-state index contributed by atoms with van der Waals surface area (Å²) in [6.07, 6.45) is 0.726. The van der Waals surface area contributed by atoms with E-state index >= 15 is 0 Å². The van der Waals surface area contributed by atoms with Crippen LogP contribution in [0, 0.1) is 6.92 Å². The molecule has 2 atom stereocenters. The maximum Gasteiger partial charge on any atom is 0.264 e. The SMILES string of the molecule is CCOc1ccc(N(CC(=O)N(Cc2ccc(Cl)cc2)[C@H](C)C(=O)N[C@H](C)CC)S(=O)(=O)c2ccc(C)cc2)cc1. The number of hydrogen-bond acceptors (Lipinski definition) is 5. The molecule has 3 rings (SSSR count). The zero-order valence-corrected chi connectivity index (χ0v) is 25.7. The van der Waals surface area contributed by atoms with Gasteiger partial charge in [0.15, 0.2) is 0 Å². The first-order valence-electron chi connectivity index (χ1n) is 13.6. The molecule has 0 saturated carbocycles. The van der Waals surface area contributed by atoms with E-state index in [2.05, 4.69) is 5.32 Å². The minimum atomic E-state index is -4.14. The lowest BCUT2D eigenvalue weighted by Crippen LogP contribution is -2.52. The van der Waals surface area contributed by atoms with Crippen LogP contribution in [-0.4, -0.2) is 50.4 Å². The fraction of sp³-hybridized carbons (Fsp3) is 0.355. The molecule has 3 aromatic carbocycles. The van der Waals surface area contributed by atoms with Gasteiger partial charge in [0, 0.05) is 17.6 Å². The number of anilines is 1. The Bertz CT molecular complexity index is 1410. The average Bonchev–Trinajstić information content (AvgIpc) is 2.95. The zero-order valence-electron chi connectivity index (χ0n) is 24.1. The lowest BCUT2D eigenvalue weighted by Gasteiger charge is -2.32. The second-order valence-corrected chi connectivity index (χ2v) is 12.2. The normalized spacial score (nSPS) is 12.7. The molecule has 220 valence electrons. The third-order valence-corrected chi connectivity index (χ3v) is 8.80. The highest BCUT2D eigenvalue weighted by molar-refractivity contribution is 7.92. The Morgan fingerprint density at radius 2 is 1.54 bits per heavy atom. The Morgan fingerprint density at radius 1 is 0.927 bits per heavy atom. The van der Waals surface area contributed by atoms with Crippen LogP contribution in [0.15, 0.2) is 77.7 Å². The fourth-order valence-corrected chi connectivity index (χ4v) is 5.62. The van der Waals surface area contributed by atoms with Gasteiger partial charge in [-0.2, -0.15) is 0 Å². The van der Waals surface area contributed by atoms with E-state index in [1.807, 2.05) is 27.7 Å². The largest absolute Gasteiger partial charge is 0.494 e. The predicted molar refractivity (Wildman–Crippen MR) is 163 cm³/mol. The van der Waals surface area contributed by atoms with Crippen LogP contribution in [0.25, 0.3) is 0 Å². The summed E-state index contributed by atoms with van der Waals surface area (Å²) in [7, 11) is -4.14. The second-order valence-electron chi connectivity index (χ2n) is 9.89. The summed E-state index contributed by atoms with van der Waals surface area (Å²) in [5.41, 5.74) is 1.95. The number of carbonyl (C=O) groups excluding carboxylic acids is 2. The number of amides is 2. The molecule has 0 radical (unpaired) electrons. The van der Waals surface area contributed by atoms with Crippen LogP contribution in [-0.2, 0) is 26.2 Å². The van der Waals surface area contributed by atoms with Crippen molar-refractivity contribution in [3.05, 3.63) is 88.9 Å². The van der Waals surface area contributed by atoms with Gasteiger partial charge in [-0.05, 0) is 88.2 Å². The Kier molecular flexibility index (Phi) is 11.2. The minimum Gasteiger partial charge on any atom is -0.494 e. The molecule has 3 aromatic rings. The van der Waals surface area contributed by atoms with Gasteiger partial charge in [0.1, 0.15) is 18.3 Å². The first kappa shape index (κ1) is 32.0. The predicted octanol–water partition coefficient (Wildman–Crippen LogP) is 5.57. The molecule has 0 bridgehead atoms. The number of nitrogens with one attached hydrogen (secondary N) is 1. The molecule has 1 N–H and O–H groups in total. The van der Waals surface area contributed by atoms with Gasteiger partial charge in [0.25, 0.3) is 10.0 Å². The number of halogens is 1. The standard InChI is InChI=1S/C31H38ClN3O5S/c1-6-23(4)33-31(37)24(5)34(20-25-10-12-26(32)13-11-25)30(36)21-35(27-14-16-28(17-15-27)40-7-2)41(38,39)29-18-8-22(3)9-19-29/h8-19,23-24H,6-7,20-21H2,1-5H3,(H,33,37)/t23-,24-/m1/s1. The van der Waals surface area contributed by atoms with Gasteiger partial charge in [-0.1, -0.05) is 48.4 Å². The van der Waals surface area contributed by atoms with Crippen LogP contribution in [0.1, 0.15) is 45.2 Å². The third-order valence-electron chi connectivity index (χ3n) is 6.76. The van der Waals surface area contributed by atoms with Crippen molar-refractivity contribution in [2.24, 2.45) is 0 Å². The van der Waals surface area contributed by atoms with Crippen LogP contribution >= 0.6 is 11.6 Å². The molecular weight excluding hydrogens is 562 g/mol. The van der Waals surface area contributed by atoms with Crippen molar-refractivity contribution in [1.29, 1.82) is 0 Å². The van der Waals surface area contributed by atoms with E-state index in [-0.39, 0.29) is 23.4 Å². The minimum absolute atomic E-state index is 0.0524. The molecule has 0 unspecified atom stereocenters. The lowest BCUT2D eigenvalue weighted by molar-refractivity contribution is -0.139. The topological polar surface area (TPSA) is 96.0 Å². The van der Waals surface area contributed by atoms with Crippen LogP contribution in [0.3, 0.4) is 0 Å². The van der Waals surface area contributed by atoms with Gasteiger partial charge < -0.3 is 15.0 Å². The number of nitrogens with zero attached hydrogens (tertiary/aromatic N) is 2. The van der Waals surface area contributed by atoms with Crippen LogP contribution in [0.5, 0.6) is 5.75 Å². The zero-order chi connectivity index (χ0) is 30.2. The van der Waals surface area contributed by atoms with E-state index in [1.165, 1.54) is 17.0 Å². The molecule has 41 heavy (non-hydrogen) atoms. The summed E-state index contributed by atoms with van der Waals surface area (Å²) in [5.74, 6) is -0.276. The molecule has 0 spiro atoms. The summed E-state index contributed by atoms with van der Waals surface area (Å²) in [4.78, 5) is 28.6. The summed E-state index contributed by atoms with van der Waals surface area (Å²) in [6, 6.07) is 19.0. The highest BCUT2D eigenvalue weighted by Gasteiger charge is 2.32. The highest BCUT2D eigenvalue weighted by Crippen LogP contribution is 2.27. The molecule has 8 nitrogen and oxygen atoms in total. The fourth-order valence-electron chi connectivity index (χ4n) is 4.08. The monoisotopic (exact) mass is 599 g/mol. The van der Waals surface area contributed by atoms with Crippen LogP contribution in [0.2, 0.25) is 5.02 Å². The molecule has 0 aliphatic carbocycles. The van der Waals surface area contributed by atoms with Crippen molar-refractivity contribution in [3.8, 4) is 5.75 Å². The van der Waals surface area contributed by atoms with E-state index in [0.717, 1.165) is 21.9 Å². The molecule has 0 saturated heterocycles. The van der Waals surface area contributed by atoms with Crippen molar-refractivity contribution in [1.82, 2.24) is 10.2 Å². The molecule has 2 amide bonds. The molecule has 0 heterocycles. The van der Waals surface area contributed by atoms with Gasteiger partial charge in [-0.3, -0.25) is 13.9 Å². The van der Waals surface area contributed by atoms with E-state index < -0.39 is 28.5 Å². The number of carbonyl (C=O) groups is 2. The second kappa shape index (κ2) is 14.4. The molecular formula is C31H38ClN3O5S. The molecule has 0 fully saturated rings. The number of sulfonamides is 1. The Hall–Kier alpha value is -3.56. The van der Waals surface area contributed by atoms with E-state index in [1.54, 1.807) is 67.6 Å². The highest BCUT2D eigenvalue weighted by atomic mass is 35.5. The average molecular weight is 600 g/mol. The van der Waals surface area contributed by atoms with E-state index in [4.69, 9.17) is 16.3 Å². The molecule has 0 aromatic heterocycles. The quantitative estimate of drug-likeness (QED) is 0.277. The van der Waals surface area contributed by atoms with Gasteiger partial charge in [0.2, 0.25) is 11.8 Å². The van der Waals surface area contributed by atoms with E-state index in [9.17, 15) is 18.0 Å². The number of aryl methyl sites for hydroxylation is 1. The molecule has 0 aliphatic rings. The van der Waals surface area contributed by atoms with Crippen molar-refractivity contribution in [2.75, 3.05) is 17.5 Å². The van der Waals surface area contributed by atoms with Crippen LogP contribution in [0.4, 0.5) is 5.69 Å². The summed E-state index contributed by atoms with van der Waals surface area (Å²) in [6.45, 7) is 9.24. The van der Waals surface area contributed by atoms with Crippen molar-refractivity contribution >= 4 is 39.1 Å². The first-order valence-corrected chi connectivity index (χ1v) is 15.4. The smallest absolute Gasteiger partial charge is 0.264 e. The maximum absolute atomic E-state index is 14.0.